The van der Waals surface area contributed by atoms with Crippen molar-refractivity contribution in [3.05, 3.63) is 40.7 Å². The molecule has 2 rings (SSSR count). The van der Waals surface area contributed by atoms with Crippen LogP contribution in [-0.4, -0.2) is 29.0 Å². The van der Waals surface area contributed by atoms with Gasteiger partial charge in [-0.25, -0.2) is 14.2 Å². The topological polar surface area (TPSA) is 77.5 Å². The van der Waals surface area contributed by atoms with Crippen LogP contribution in [0.25, 0.3) is 0 Å². The van der Waals surface area contributed by atoms with Crippen molar-refractivity contribution in [1.82, 2.24) is 4.98 Å². The van der Waals surface area contributed by atoms with E-state index >= 15 is 0 Å². The van der Waals surface area contributed by atoms with E-state index in [2.05, 4.69) is 9.72 Å². The number of thiazole rings is 1. The smallest absolute Gasteiger partial charge is 0.435 e. The molecule has 27 heavy (non-hydrogen) atoms. The highest BCUT2D eigenvalue weighted by Gasteiger charge is 2.40. The first-order chi connectivity index (χ1) is 12.6. The third-order valence-electron chi connectivity index (χ3n) is 2.85. The van der Waals surface area contributed by atoms with Crippen LogP contribution in [0.1, 0.15) is 22.3 Å². The van der Waals surface area contributed by atoms with Gasteiger partial charge in [-0.3, -0.25) is 10.1 Å². The number of halogens is 5. The highest BCUT2D eigenvalue weighted by molar-refractivity contribution is 7.17. The normalized spacial score (nSPS) is 12.4. The molecule has 1 heterocycles. The maximum Gasteiger partial charge on any atom is 0.435 e. The summed E-state index contributed by atoms with van der Waals surface area (Å²) in [5.74, 6) is -2.72. The zero-order valence-electron chi connectivity index (χ0n) is 13.5. The van der Waals surface area contributed by atoms with Crippen LogP contribution < -0.4 is 10.1 Å². The summed E-state index contributed by atoms with van der Waals surface area (Å²) in [5.41, 5.74) is -3.12. The molecule has 0 bridgehead atoms. The van der Waals surface area contributed by atoms with Crippen LogP contribution in [0.15, 0.2) is 24.3 Å². The number of hydrogen-bond acceptors (Lipinski definition) is 6. The van der Waals surface area contributed by atoms with Crippen LogP contribution in [0, 0.1) is 5.82 Å². The first-order valence-corrected chi connectivity index (χ1v) is 8.49. The fraction of sp³-hybridized carbons (Fsp3) is 0.267. The summed E-state index contributed by atoms with van der Waals surface area (Å²) in [4.78, 5) is 26.1. The van der Waals surface area contributed by atoms with Crippen molar-refractivity contribution in [2.24, 2.45) is 0 Å². The summed E-state index contributed by atoms with van der Waals surface area (Å²) >= 11 is 6.03. The minimum Gasteiger partial charge on any atom is -0.465 e. The van der Waals surface area contributed by atoms with Crippen LogP contribution >= 0.6 is 22.9 Å². The van der Waals surface area contributed by atoms with E-state index in [0.717, 1.165) is 12.1 Å². The van der Waals surface area contributed by atoms with Crippen LogP contribution in [0.2, 0.25) is 0 Å². The van der Waals surface area contributed by atoms with Crippen molar-refractivity contribution in [3.63, 3.8) is 0 Å². The van der Waals surface area contributed by atoms with Gasteiger partial charge in [0, 0.05) is 0 Å². The second kappa shape index (κ2) is 8.53. The Hall–Kier alpha value is -2.40. The maximum atomic E-state index is 13.0. The second-order valence-corrected chi connectivity index (χ2v) is 6.19. The van der Waals surface area contributed by atoms with Gasteiger partial charge in [-0.2, -0.15) is 13.2 Å². The van der Waals surface area contributed by atoms with Gasteiger partial charge in [-0.05, 0) is 31.2 Å². The van der Waals surface area contributed by atoms with E-state index in [4.69, 9.17) is 16.3 Å². The van der Waals surface area contributed by atoms with Crippen molar-refractivity contribution in [1.29, 1.82) is 0 Å². The Labute approximate surface area is 159 Å². The molecule has 0 saturated heterocycles. The Balaban J connectivity index is 2.14. The number of amides is 1. The molecule has 2 aromatic rings. The third kappa shape index (κ3) is 5.54. The molecule has 0 fully saturated rings. The molecule has 0 saturated carbocycles. The van der Waals surface area contributed by atoms with Crippen LogP contribution in [-0.2, 0) is 15.7 Å². The lowest BCUT2D eigenvalue weighted by Crippen LogP contribution is -2.28. The van der Waals surface area contributed by atoms with Gasteiger partial charge in [0.1, 0.15) is 16.4 Å². The van der Waals surface area contributed by atoms with E-state index in [1.807, 2.05) is 5.32 Å². The predicted octanol–water partition coefficient (Wildman–Crippen LogP) is 4.06. The van der Waals surface area contributed by atoms with Gasteiger partial charge < -0.3 is 9.47 Å². The number of rotatable bonds is 6. The molecule has 1 aromatic heterocycles. The number of nitrogens with zero attached hydrogens (tertiary/aromatic N) is 1. The zero-order valence-corrected chi connectivity index (χ0v) is 15.0. The van der Waals surface area contributed by atoms with E-state index in [9.17, 15) is 27.2 Å². The molecule has 1 amide bonds. The van der Waals surface area contributed by atoms with Crippen LogP contribution in [0.4, 0.5) is 22.7 Å². The molecule has 0 aliphatic rings. The molecule has 0 radical (unpaired) electrons. The van der Waals surface area contributed by atoms with Crippen molar-refractivity contribution < 1.29 is 36.6 Å². The number of carbonyl (C=O) groups excluding carboxylic acids is 2. The molecule has 1 atom stereocenters. The highest BCUT2D eigenvalue weighted by atomic mass is 35.5. The quantitative estimate of drug-likeness (QED) is 0.428. The fourth-order valence-corrected chi connectivity index (χ4v) is 2.79. The lowest BCUT2D eigenvalue weighted by molar-refractivity contribution is -0.141. The minimum absolute atomic E-state index is 0.0638. The number of alkyl halides is 4. The maximum absolute atomic E-state index is 13.0. The first-order valence-electron chi connectivity index (χ1n) is 7.24. The number of ether oxygens (including phenoxy) is 2. The molecule has 0 aliphatic heterocycles. The Kier molecular flexibility index (Phi) is 6.60. The third-order valence-corrected chi connectivity index (χ3v) is 4.08. The summed E-state index contributed by atoms with van der Waals surface area (Å²) in [7, 11) is 0. The number of nitrogens with one attached hydrogen (secondary N) is 1. The first kappa shape index (κ1) is 20.9. The Morgan fingerprint density at radius 1 is 1.30 bits per heavy atom. The summed E-state index contributed by atoms with van der Waals surface area (Å²) in [6.07, 6.45) is -4.92. The summed E-state index contributed by atoms with van der Waals surface area (Å²) < 4.78 is 61.5. The molecule has 1 unspecified atom stereocenters. The second-order valence-electron chi connectivity index (χ2n) is 4.79. The predicted molar refractivity (Wildman–Crippen MR) is 88.4 cm³/mol. The zero-order chi connectivity index (χ0) is 20.2. The van der Waals surface area contributed by atoms with Crippen molar-refractivity contribution in [2.75, 3.05) is 11.9 Å². The number of hydrogen-bond donors (Lipinski definition) is 1. The lowest BCUT2D eigenvalue weighted by Gasteiger charge is -2.11. The Morgan fingerprint density at radius 2 is 1.93 bits per heavy atom. The lowest BCUT2D eigenvalue weighted by atomic mass is 10.3. The van der Waals surface area contributed by atoms with Gasteiger partial charge in [0.15, 0.2) is 10.8 Å². The van der Waals surface area contributed by atoms with Crippen LogP contribution in [0.3, 0.4) is 0 Å². The highest BCUT2D eigenvalue weighted by Crippen LogP contribution is 2.36. The van der Waals surface area contributed by atoms with Gasteiger partial charge in [-0.1, -0.05) is 22.9 Å². The van der Waals surface area contributed by atoms with Gasteiger partial charge >= 0.3 is 12.1 Å². The van der Waals surface area contributed by atoms with Gasteiger partial charge in [0.05, 0.1) is 6.61 Å². The largest absolute Gasteiger partial charge is 0.465 e. The van der Waals surface area contributed by atoms with Crippen LogP contribution in [0.5, 0.6) is 5.75 Å². The van der Waals surface area contributed by atoms with Gasteiger partial charge in [0.2, 0.25) is 0 Å². The number of anilines is 1. The number of carbonyl (C=O) groups is 2. The summed E-state index contributed by atoms with van der Waals surface area (Å²) in [5, 5.41) is 1.52. The molecule has 12 heteroatoms. The fourth-order valence-electron chi connectivity index (χ4n) is 1.75. The van der Waals surface area contributed by atoms with Crippen molar-refractivity contribution in [3.8, 4) is 5.75 Å². The minimum atomic E-state index is -4.92. The SMILES string of the molecule is CCOC(=O)c1sc(NC(=O)C(Cl)Oc2ccc(F)cc2)nc1C(F)(F)F. The monoisotopic (exact) mass is 426 g/mol. The summed E-state index contributed by atoms with van der Waals surface area (Å²) in [6, 6.07) is 4.56. The Morgan fingerprint density at radius 3 is 2.48 bits per heavy atom. The van der Waals surface area contributed by atoms with E-state index < -0.39 is 45.1 Å². The summed E-state index contributed by atoms with van der Waals surface area (Å²) in [6.45, 7) is 1.30. The van der Waals surface area contributed by atoms with E-state index in [1.54, 1.807) is 0 Å². The van der Waals surface area contributed by atoms with E-state index in [0.29, 0.717) is 0 Å². The van der Waals surface area contributed by atoms with Gasteiger partial charge in [0.25, 0.3) is 11.5 Å². The molecular formula is C15H11ClF4N2O4S. The van der Waals surface area contributed by atoms with E-state index in [1.165, 1.54) is 19.1 Å². The molecule has 0 spiro atoms. The molecule has 1 aromatic carbocycles. The standard InChI is InChI=1S/C15H11ClF4N2O4S/c1-2-25-13(24)9-10(15(18,19)20)21-14(27-9)22-12(23)11(16)26-8-5-3-7(17)4-6-8/h3-6,11H,2H2,1H3,(H,21,22,23). The molecule has 0 aliphatic carbocycles. The molecule has 146 valence electrons. The molecular weight excluding hydrogens is 416 g/mol. The Bertz CT molecular complexity index is 826. The number of benzene rings is 1. The molecule has 1 N–H and O–H groups in total. The van der Waals surface area contributed by atoms with Crippen molar-refractivity contribution >= 4 is 39.9 Å². The van der Waals surface area contributed by atoms with Crippen molar-refractivity contribution in [2.45, 2.75) is 18.7 Å². The van der Waals surface area contributed by atoms with Gasteiger partial charge in [-0.15, -0.1) is 0 Å². The average molecular weight is 427 g/mol. The number of esters is 1. The average Bonchev–Trinajstić information content (AvgIpc) is 3.01. The molecule has 6 nitrogen and oxygen atoms in total. The number of aromatic nitrogens is 1. The van der Waals surface area contributed by atoms with E-state index in [-0.39, 0.29) is 23.7 Å².